The molecule has 4 N–H and O–H groups in total. The van der Waals surface area contributed by atoms with E-state index < -0.39 is 18.0 Å². The summed E-state index contributed by atoms with van der Waals surface area (Å²) in [5, 5.41) is 16.9. The molecular formula is C7H11NO4. The maximum Gasteiger partial charge on any atom is 0.320 e. The van der Waals surface area contributed by atoms with E-state index in [9.17, 15) is 9.59 Å². The minimum atomic E-state index is -1.06. The lowest BCUT2D eigenvalue weighted by Crippen LogP contribution is -2.30. The molecule has 1 unspecified atom stereocenters. The molecule has 0 bridgehead atoms. The molecule has 0 aromatic carbocycles. The van der Waals surface area contributed by atoms with Gasteiger partial charge in [-0.2, -0.15) is 0 Å². The lowest BCUT2D eigenvalue weighted by atomic mass is 10.1. The number of aliphatic carboxylic acids is 2. The summed E-state index contributed by atoms with van der Waals surface area (Å²) in [4.78, 5) is 20.6. The van der Waals surface area contributed by atoms with Crippen molar-refractivity contribution in [2.75, 3.05) is 0 Å². The Labute approximate surface area is 69.2 Å². The first kappa shape index (κ1) is 8.99. The summed E-state index contributed by atoms with van der Waals surface area (Å²) in [6, 6.07) is -0.917. The minimum Gasteiger partial charge on any atom is -0.481 e. The fourth-order valence-corrected chi connectivity index (χ4v) is 1.24. The molecule has 0 saturated heterocycles. The Morgan fingerprint density at radius 2 is 2.08 bits per heavy atom. The van der Waals surface area contributed by atoms with Crippen molar-refractivity contribution < 1.29 is 19.8 Å². The van der Waals surface area contributed by atoms with Gasteiger partial charge in [0.2, 0.25) is 0 Å². The summed E-state index contributed by atoms with van der Waals surface area (Å²) in [5.74, 6) is -2.31. The van der Waals surface area contributed by atoms with E-state index in [-0.39, 0.29) is 18.3 Å². The van der Waals surface area contributed by atoms with Gasteiger partial charge >= 0.3 is 11.9 Å². The van der Waals surface area contributed by atoms with E-state index in [0.717, 1.165) is 0 Å². The van der Waals surface area contributed by atoms with Crippen molar-refractivity contribution in [1.29, 1.82) is 0 Å². The molecule has 0 spiro atoms. The van der Waals surface area contributed by atoms with E-state index in [1.165, 1.54) is 0 Å². The number of rotatable bonds is 4. The fraction of sp³-hybridized carbons (Fsp3) is 0.714. The predicted molar refractivity (Wildman–Crippen MR) is 39.5 cm³/mol. The first-order valence-electron chi connectivity index (χ1n) is 3.73. The first-order valence-corrected chi connectivity index (χ1v) is 3.73. The maximum absolute atomic E-state index is 10.3. The topological polar surface area (TPSA) is 101 Å². The molecule has 5 nitrogen and oxygen atoms in total. The van der Waals surface area contributed by atoms with Crippen molar-refractivity contribution in [2.24, 2.45) is 17.6 Å². The van der Waals surface area contributed by atoms with Gasteiger partial charge in [-0.05, 0) is 18.8 Å². The summed E-state index contributed by atoms with van der Waals surface area (Å²) in [5.41, 5.74) is 5.23. The SMILES string of the molecule is NC(C[C@@H]1C[C@H]1C(=O)O)C(=O)O. The van der Waals surface area contributed by atoms with Crippen LogP contribution in [0, 0.1) is 11.8 Å². The Kier molecular flexibility index (Phi) is 2.32. The van der Waals surface area contributed by atoms with Crippen LogP contribution in [0.5, 0.6) is 0 Å². The smallest absolute Gasteiger partial charge is 0.320 e. The Bertz CT molecular complexity index is 215. The molecule has 1 rings (SSSR count). The van der Waals surface area contributed by atoms with Crippen LogP contribution in [0.2, 0.25) is 0 Å². The minimum absolute atomic E-state index is 0.0337. The number of carboxylic acid groups (broad SMARTS) is 2. The molecule has 5 heteroatoms. The molecule has 0 heterocycles. The van der Waals surface area contributed by atoms with E-state index >= 15 is 0 Å². The van der Waals surface area contributed by atoms with Gasteiger partial charge in [0, 0.05) is 0 Å². The average Bonchev–Trinajstić information content (AvgIpc) is 2.67. The lowest BCUT2D eigenvalue weighted by molar-refractivity contribution is -0.140. The van der Waals surface area contributed by atoms with E-state index in [4.69, 9.17) is 15.9 Å². The predicted octanol–water partition coefficient (Wildman–Crippen LogP) is -0.491. The van der Waals surface area contributed by atoms with Crippen LogP contribution in [0.25, 0.3) is 0 Å². The lowest BCUT2D eigenvalue weighted by Gasteiger charge is -2.03. The highest BCUT2D eigenvalue weighted by Crippen LogP contribution is 2.41. The van der Waals surface area contributed by atoms with Crippen molar-refractivity contribution in [3.05, 3.63) is 0 Å². The molecule has 0 radical (unpaired) electrons. The number of carbonyl (C=O) groups is 2. The van der Waals surface area contributed by atoms with Gasteiger partial charge in [0.05, 0.1) is 5.92 Å². The van der Waals surface area contributed by atoms with Gasteiger partial charge in [-0.3, -0.25) is 9.59 Å². The highest BCUT2D eigenvalue weighted by molar-refractivity contribution is 5.75. The Morgan fingerprint density at radius 1 is 1.50 bits per heavy atom. The zero-order valence-electron chi connectivity index (χ0n) is 6.43. The van der Waals surface area contributed by atoms with Gasteiger partial charge in [0.1, 0.15) is 6.04 Å². The summed E-state index contributed by atoms with van der Waals surface area (Å²) in [7, 11) is 0. The van der Waals surface area contributed by atoms with Crippen LogP contribution < -0.4 is 5.73 Å². The van der Waals surface area contributed by atoms with Crippen LogP contribution in [-0.4, -0.2) is 28.2 Å². The van der Waals surface area contributed by atoms with Crippen LogP contribution in [0.4, 0.5) is 0 Å². The standard InChI is InChI=1S/C7H11NO4/c8-5(7(11)12)2-3-1-4(3)6(9)10/h3-5H,1-2,8H2,(H,9,10)(H,11,12)/t3-,4+,5?/m0/s1. The molecule has 68 valence electrons. The number of nitrogens with two attached hydrogens (primary N) is 1. The van der Waals surface area contributed by atoms with E-state index in [1.807, 2.05) is 0 Å². The van der Waals surface area contributed by atoms with Crippen molar-refractivity contribution in [3.63, 3.8) is 0 Å². The van der Waals surface area contributed by atoms with E-state index in [0.29, 0.717) is 6.42 Å². The second kappa shape index (κ2) is 3.10. The highest BCUT2D eigenvalue weighted by Gasteiger charge is 2.44. The Balaban J connectivity index is 2.27. The van der Waals surface area contributed by atoms with Crippen molar-refractivity contribution in [3.8, 4) is 0 Å². The van der Waals surface area contributed by atoms with Crippen LogP contribution >= 0.6 is 0 Å². The number of hydrogen-bond acceptors (Lipinski definition) is 3. The van der Waals surface area contributed by atoms with Crippen LogP contribution in [-0.2, 0) is 9.59 Å². The van der Waals surface area contributed by atoms with Gasteiger partial charge in [0.15, 0.2) is 0 Å². The molecule has 12 heavy (non-hydrogen) atoms. The normalized spacial score (nSPS) is 29.4. The summed E-state index contributed by atoms with van der Waals surface area (Å²) < 4.78 is 0. The quantitative estimate of drug-likeness (QED) is 0.532. The Hall–Kier alpha value is -1.10. The first-order chi connectivity index (χ1) is 5.52. The van der Waals surface area contributed by atoms with Crippen molar-refractivity contribution >= 4 is 11.9 Å². The van der Waals surface area contributed by atoms with E-state index in [2.05, 4.69) is 0 Å². The third-order valence-corrected chi connectivity index (χ3v) is 2.11. The molecular weight excluding hydrogens is 162 g/mol. The van der Waals surface area contributed by atoms with Crippen LogP contribution in [0.15, 0.2) is 0 Å². The fourth-order valence-electron chi connectivity index (χ4n) is 1.24. The zero-order chi connectivity index (χ0) is 9.30. The second-order valence-corrected chi connectivity index (χ2v) is 3.12. The number of carboxylic acids is 2. The summed E-state index contributed by atoms with van der Waals surface area (Å²) >= 11 is 0. The monoisotopic (exact) mass is 173 g/mol. The van der Waals surface area contributed by atoms with Crippen molar-refractivity contribution in [2.45, 2.75) is 18.9 Å². The molecule has 1 saturated carbocycles. The van der Waals surface area contributed by atoms with Gasteiger partial charge in [0.25, 0.3) is 0 Å². The van der Waals surface area contributed by atoms with Crippen molar-refractivity contribution in [1.82, 2.24) is 0 Å². The number of hydrogen-bond donors (Lipinski definition) is 3. The summed E-state index contributed by atoms with van der Waals surface area (Å²) in [6.45, 7) is 0. The third-order valence-electron chi connectivity index (χ3n) is 2.11. The molecule has 1 fully saturated rings. The molecule has 3 atom stereocenters. The Morgan fingerprint density at radius 3 is 2.42 bits per heavy atom. The molecule has 0 aromatic rings. The average molecular weight is 173 g/mol. The van der Waals surface area contributed by atoms with Crippen LogP contribution in [0.1, 0.15) is 12.8 Å². The molecule has 0 aromatic heterocycles. The third kappa shape index (κ3) is 1.94. The van der Waals surface area contributed by atoms with E-state index in [1.54, 1.807) is 0 Å². The maximum atomic E-state index is 10.3. The van der Waals surface area contributed by atoms with Crippen LogP contribution in [0.3, 0.4) is 0 Å². The van der Waals surface area contributed by atoms with Gasteiger partial charge < -0.3 is 15.9 Å². The van der Waals surface area contributed by atoms with Gasteiger partial charge in [-0.1, -0.05) is 0 Å². The molecule has 0 amide bonds. The largest absolute Gasteiger partial charge is 0.481 e. The summed E-state index contributed by atoms with van der Waals surface area (Å²) in [6.07, 6.45) is 0.836. The van der Waals surface area contributed by atoms with Gasteiger partial charge in [-0.25, -0.2) is 0 Å². The zero-order valence-corrected chi connectivity index (χ0v) is 6.43. The molecule has 1 aliphatic carbocycles. The highest BCUT2D eigenvalue weighted by atomic mass is 16.4. The molecule has 0 aliphatic heterocycles. The van der Waals surface area contributed by atoms with Gasteiger partial charge in [-0.15, -0.1) is 0 Å². The second-order valence-electron chi connectivity index (χ2n) is 3.12. The molecule has 1 aliphatic rings.